The molecule has 2 aromatic heterocycles. The van der Waals surface area contributed by atoms with Crippen molar-refractivity contribution in [1.29, 1.82) is 0 Å². The fourth-order valence-electron chi connectivity index (χ4n) is 2.49. The van der Waals surface area contributed by atoms with Gasteiger partial charge in [-0.1, -0.05) is 6.07 Å². The molecule has 0 atom stereocenters. The van der Waals surface area contributed by atoms with E-state index in [-0.39, 0.29) is 5.91 Å². The van der Waals surface area contributed by atoms with Gasteiger partial charge < -0.3 is 15.5 Å². The molecule has 27 heavy (non-hydrogen) atoms. The van der Waals surface area contributed by atoms with Gasteiger partial charge in [-0.25, -0.2) is 9.97 Å². The van der Waals surface area contributed by atoms with Crippen molar-refractivity contribution < 1.29 is 4.79 Å². The van der Waals surface area contributed by atoms with Crippen LogP contribution in [-0.4, -0.2) is 35.0 Å². The van der Waals surface area contributed by atoms with Crippen molar-refractivity contribution in [3.63, 3.8) is 0 Å². The van der Waals surface area contributed by atoms with Gasteiger partial charge in [-0.3, -0.25) is 9.78 Å². The van der Waals surface area contributed by atoms with Gasteiger partial charge >= 0.3 is 0 Å². The van der Waals surface area contributed by atoms with Crippen LogP contribution in [0, 0.1) is 6.92 Å². The van der Waals surface area contributed by atoms with E-state index in [2.05, 4.69) is 25.6 Å². The first-order valence-electron chi connectivity index (χ1n) is 8.58. The lowest BCUT2D eigenvalue weighted by molar-refractivity contribution is 0.0945. The van der Waals surface area contributed by atoms with Crippen LogP contribution >= 0.6 is 0 Å². The summed E-state index contributed by atoms with van der Waals surface area (Å²) >= 11 is 0. The molecule has 0 aliphatic heterocycles. The second kappa shape index (κ2) is 8.27. The molecule has 0 spiro atoms. The summed E-state index contributed by atoms with van der Waals surface area (Å²) in [6.07, 6.45) is 3.41. The van der Waals surface area contributed by atoms with E-state index in [1.54, 1.807) is 18.5 Å². The number of rotatable bonds is 6. The second-order valence-corrected chi connectivity index (χ2v) is 6.33. The molecular formula is C20H22N6O. The molecular weight excluding hydrogens is 340 g/mol. The number of nitrogens with zero attached hydrogens (tertiary/aromatic N) is 4. The van der Waals surface area contributed by atoms with Gasteiger partial charge in [0.15, 0.2) is 0 Å². The molecule has 7 heteroatoms. The summed E-state index contributed by atoms with van der Waals surface area (Å²) in [5, 5.41) is 6.00. The van der Waals surface area contributed by atoms with Crippen LogP contribution in [-0.2, 0) is 6.54 Å². The van der Waals surface area contributed by atoms with Crippen molar-refractivity contribution in [3.8, 4) is 0 Å². The first-order valence-corrected chi connectivity index (χ1v) is 8.58. The highest BCUT2D eigenvalue weighted by Gasteiger charge is 2.11. The first-order chi connectivity index (χ1) is 13.0. The van der Waals surface area contributed by atoms with E-state index in [9.17, 15) is 4.79 Å². The van der Waals surface area contributed by atoms with E-state index in [0.717, 1.165) is 16.9 Å². The van der Waals surface area contributed by atoms with Crippen molar-refractivity contribution in [2.24, 2.45) is 0 Å². The summed E-state index contributed by atoms with van der Waals surface area (Å²) in [6, 6.07) is 13.3. The van der Waals surface area contributed by atoms with Crippen LogP contribution in [0.5, 0.6) is 0 Å². The summed E-state index contributed by atoms with van der Waals surface area (Å²) in [5.74, 6) is 0.134. The van der Waals surface area contributed by atoms with Gasteiger partial charge in [-0.2, -0.15) is 0 Å². The Labute approximate surface area is 158 Å². The molecule has 1 aromatic carbocycles. The lowest BCUT2D eigenvalue weighted by Gasteiger charge is -2.13. The molecule has 0 radical (unpaired) electrons. The number of aromatic nitrogens is 3. The van der Waals surface area contributed by atoms with E-state index in [0.29, 0.717) is 23.9 Å². The summed E-state index contributed by atoms with van der Waals surface area (Å²) in [6.45, 7) is 2.23. The largest absolute Gasteiger partial charge is 0.378 e. The average Bonchev–Trinajstić information content (AvgIpc) is 2.67. The molecule has 2 N–H and O–H groups in total. The fourth-order valence-corrected chi connectivity index (χ4v) is 2.49. The number of hydrogen-bond acceptors (Lipinski definition) is 6. The number of nitrogens with one attached hydrogen (secondary N) is 2. The number of amides is 1. The Hall–Kier alpha value is -3.48. The van der Waals surface area contributed by atoms with E-state index in [1.807, 2.05) is 62.3 Å². The van der Waals surface area contributed by atoms with Gasteiger partial charge in [0.2, 0.25) is 5.95 Å². The Morgan fingerprint density at radius 1 is 1.11 bits per heavy atom. The third-order valence-corrected chi connectivity index (χ3v) is 3.90. The molecule has 0 aliphatic rings. The zero-order valence-corrected chi connectivity index (χ0v) is 15.6. The van der Waals surface area contributed by atoms with Crippen molar-refractivity contribution in [2.75, 3.05) is 24.3 Å². The zero-order chi connectivity index (χ0) is 19.2. The quantitative estimate of drug-likeness (QED) is 0.702. The maximum Gasteiger partial charge on any atom is 0.270 e. The SMILES string of the molecule is Cc1cc(C(=O)NCc2cccnc2)nc(Nc2ccc(N(C)C)cc2)n1. The van der Waals surface area contributed by atoms with Gasteiger partial charge in [-0.15, -0.1) is 0 Å². The number of hydrogen-bond donors (Lipinski definition) is 2. The molecule has 7 nitrogen and oxygen atoms in total. The number of aryl methyl sites for hydroxylation is 1. The Morgan fingerprint density at radius 2 is 1.89 bits per heavy atom. The Morgan fingerprint density at radius 3 is 2.56 bits per heavy atom. The Bertz CT molecular complexity index is 910. The van der Waals surface area contributed by atoms with Crippen molar-refractivity contribution >= 4 is 23.2 Å². The average molecular weight is 362 g/mol. The molecule has 0 bridgehead atoms. The molecule has 0 unspecified atom stereocenters. The molecule has 1 amide bonds. The minimum absolute atomic E-state index is 0.254. The highest BCUT2D eigenvalue weighted by Crippen LogP contribution is 2.18. The minimum atomic E-state index is -0.254. The van der Waals surface area contributed by atoms with Crippen LogP contribution in [0.2, 0.25) is 0 Å². The number of pyridine rings is 1. The van der Waals surface area contributed by atoms with Crippen LogP contribution in [0.1, 0.15) is 21.7 Å². The summed E-state index contributed by atoms with van der Waals surface area (Å²) < 4.78 is 0. The van der Waals surface area contributed by atoms with Crippen molar-refractivity contribution in [3.05, 3.63) is 71.8 Å². The Balaban J connectivity index is 1.70. The molecule has 0 saturated heterocycles. The van der Waals surface area contributed by atoms with E-state index < -0.39 is 0 Å². The van der Waals surface area contributed by atoms with Crippen molar-refractivity contribution in [1.82, 2.24) is 20.3 Å². The molecule has 138 valence electrons. The monoisotopic (exact) mass is 362 g/mol. The third-order valence-electron chi connectivity index (χ3n) is 3.90. The minimum Gasteiger partial charge on any atom is -0.378 e. The smallest absolute Gasteiger partial charge is 0.270 e. The maximum absolute atomic E-state index is 12.4. The standard InChI is InChI=1S/C20H22N6O/c1-14-11-18(19(27)22-13-15-5-4-10-21-12-15)25-20(23-14)24-16-6-8-17(9-7-16)26(2)3/h4-12H,13H2,1-3H3,(H,22,27)(H,23,24,25). The predicted molar refractivity (Wildman–Crippen MR) is 106 cm³/mol. The summed E-state index contributed by atoms with van der Waals surface area (Å²) in [7, 11) is 3.98. The van der Waals surface area contributed by atoms with Crippen LogP contribution in [0.15, 0.2) is 54.9 Å². The van der Waals surface area contributed by atoms with Crippen LogP contribution in [0.3, 0.4) is 0 Å². The lowest BCUT2D eigenvalue weighted by atomic mass is 10.2. The normalized spacial score (nSPS) is 10.3. The van der Waals surface area contributed by atoms with Crippen LogP contribution < -0.4 is 15.5 Å². The van der Waals surface area contributed by atoms with E-state index in [1.165, 1.54) is 0 Å². The van der Waals surface area contributed by atoms with E-state index >= 15 is 0 Å². The van der Waals surface area contributed by atoms with Gasteiger partial charge in [0.1, 0.15) is 5.69 Å². The summed E-state index contributed by atoms with van der Waals surface area (Å²) in [5.41, 5.74) is 3.91. The van der Waals surface area contributed by atoms with E-state index in [4.69, 9.17) is 0 Å². The molecule has 3 rings (SSSR count). The summed E-state index contributed by atoms with van der Waals surface area (Å²) in [4.78, 5) is 27.2. The second-order valence-electron chi connectivity index (χ2n) is 6.33. The predicted octanol–water partition coefficient (Wildman–Crippen LogP) is 2.92. The lowest BCUT2D eigenvalue weighted by Crippen LogP contribution is -2.24. The fraction of sp³-hybridized carbons (Fsp3) is 0.200. The van der Waals surface area contributed by atoms with Crippen LogP contribution in [0.4, 0.5) is 17.3 Å². The number of carbonyl (C=O) groups is 1. The van der Waals surface area contributed by atoms with Gasteiger partial charge in [0.05, 0.1) is 0 Å². The zero-order valence-electron chi connectivity index (χ0n) is 15.6. The van der Waals surface area contributed by atoms with Gasteiger partial charge in [0, 0.05) is 50.1 Å². The first kappa shape index (κ1) is 18.3. The Kier molecular flexibility index (Phi) is 5.61. The van der Waals surface area contributed by atoms with Gasteiger partial charge in [0.25, 0.3) is 5.91 Å². The number of anilines is 3. The van der Waals surface area contributed by atoms with Gasteiger partial charge in [-0.05, 0) is 48.9 Å². The van der Waals surface area contributed by atoms with Crippen LogP contribution in [0.25, 0.3) is 0 Å². The number of carbonyl (C=O) groups excluding carboxylic acids is 1. The molecule has 0 fully saturated rings. The highest BCUT2D eigenvalue weighted by molar-refractivity contribution is 5.92. The topological polar surface area (TPSA) is 83.0 Å². The molecule has 2 heterocycles. The highest BCUT2D eigenvalue weighted by atomic mass is 16.1. The molecule has 3 aromatic rings. The van der Waals surface area contributed by atoms with Crippen molar-refractivity contribution in [2.45, 2.75) is 13.5 Å². The third kappa shape index (κ3) is 5.01. The molecule has 0 saturated carbocycles. The molecule has 0 aliphatic carbocycles. The maximum atomic E-state index is 12.4. The number of benzene rings is 1.